The van der Waals surface area contributed by atoms with E-state index in [9.17, 15) is 14.4 Å². The largest absolute Gasteiger partial charge is 0.480 e. The van der Waals surface area contributed by atoms with Crippen molar-refractivity contribution in [3.63, 3.8) is 0 Å². The first kappa shape index (κ1) is 19.9. The van der Waals surface area contributed by atoms with Crippen molar-refractivity contribution in [3.05, 3.63) is 34.7 Å². The molecule has 2 unspecified atom stereocenters. The fraction of sp³-hybridized carbons (Fsp3) is 0.294. The summed E-state index contributed by atoms with van der Waals surface area (Å²) in [7, 11) is 0. The number of ether oxygens (including phenoxy) is 1. The number of rotatable bonds is 7. The topological polar surface area (TPSA) is 104 Å². The van der Waals surface area contributed by atoms with E-state index < -0.39 is 30.0 Å². The molecule has 26 heavy (non-hydrogen) atoms. The van der Waals surface area contributed by atoms with Crippen molar-refractivity contribution in [2.24, 2.45) is 0 Å². The Hall–Kier alpha value is -2.39. The van der Waals surface area contributed by atoms with Gasteiger partial charge < -0.3 is 14.9 Å². The highest BCUT2D eigenvalue weighted by Gasteiger charge is 2.38. The number of nitrogens with zero attached hydrogens (tertiary/aromatic N) is 1. The number of thioether (sulfide) groups is 1. The molecule has 0 bridgehead atoms. The summed E-state index contributed by atoms with van der Waals surface area (Å²) in [5.74, 6) is -2.42. The van der Waals surface area contributed by atoms with Gasteiger partial charge in [0.2, 0.25) is 0 Å². The van der Waals surface area contributed by atoms with Crippen LogP contribution in [0.2, 0.25) is 0 Å². The number of hydrogen-bond acceptors (Lipinski definition) is 6. The smallest absolute Gasteiger partial charge is 0.344 e. The standard InChI is InChI=1S/C17H17NO6S2/c1-3-11(16(22)23)24-12-7-5-4-6-10(12)8-13-14(19)18(17(25)26-13)9(2)15(20)21/h4-9,11H,3H2,1-2H3,(H,20,21)(H,22,23)/b13-8-. The molecule has 0 radical (unpaired) electrons. The van der Waals surface area contributed by atoms with Crippen LogP contribution in [-0.4, -0.2) is 49.4 Å². The molecule has 9 heteroatoms. The summed E-state index contributed by atoms with van der Waals surface area (Å²) < 4.78 is 5.69. The Bertz CT molecular complexity index is 791. The minimum atomic E-state index is -1.15. The summed E-state index contributed by atoms with van der Waals surface area (Å²) >= 11 is 6.11. The molecule has 1 aliphatic heterocycles. The molecule has 7 nitrogen and oxygen atoms in total. The first-order valence-electron chi connectivity index (χ1n) is 7.74. The zero-order valence-electron chi connectivity index (χ0n) is 14.0. The fourth-order valence-electron chi connectivity index (χ4n) is 2.23. The van der Waals surface area contributed by atoms with Crippen molar-refractivity contribution in [2.75, 3.05) is 0 Å². The van der Waals surface area contributed by atoms with Crippen molar-refractivity contribution < 1.29 is 29.3 Å². The van der Waals surface area contributed by atoms with Crippen molar-refractivity contribution >= 4 is 52.2 Å². The predicted octanol–water partition coefficient (Wildman–Crippen LogP) is 2.60. The molecular formula is C17H17NO6S2. The summed E-state index contributed by atoms with van der Waals surface area (Å²) in [6.07, 6.45) is 0.797. The number of carbonyl (C=O) groups is 3. The lowest BCUT2D eigenvalue weighted by atomic mass is 10.1. The van der Waals surface area contributed by atoms with E-state index in [1.54, 1.807) is 31.2 Å². The zero-order valence-corrected chi connectivity index (χ0v) is 15.7. The Morgan fingerprint density at radius 1 is 1.31 bits per heavy atom. The molecule has 1 fully saturated rings. The van der Waals surface area contributed by atoms with Gasteiger partial charge in [-0.05, 0) is 25.5 Å². The van der Waals surface area contributed by atoms with Crippen LogP contribution in [0.5, 0.6) is 5.75 Å². The monoisotopic (exact) mass is 395 g/mol. The number of benzene rings is 1. The summed E-state index contributed by atoms with van der Waals surface area (Å²) in [5, 5.41) is 18.3. The number of carbonyl (C=O) groups excluding carboxylic acids is 1. The lowest BCUT2D eigenvalue weighted by molar-refractivity contribution is -0.145. The van der Waals surface area contributed by atoms with E-state index in [0.717, 1.165) is 16.7 Å². The van der Waals surface area contributed by atoms with Crippen LogP contribution in [0, 0.1) is 0 Å². The molecule has 0 aliphatic carbocycles. The lowest BCUT2D eigenvalue weighted by Gasteiger charge is -2.18. The molecule has 1 heterocycles. The van der Waals surface area contributed by atoms with Gasteiger partial charge in [0.15, 0.2) is 6.10 Å². The molecule has 1 aliphatic rings. The maximum Gasteiger partial charge on any atom is 0.344 e. The van der Waals surface area contributed by atoms with Gasteiger partial charge in [-0.25, -0.2) is 9.59 Å². The number of aliphatic carboxylic acids is 2. The zero-order chi connectivity index (χ0) is 19.4. The van der Waals surface area contributed by atoms with Crippen LogP contribution < -0.4 is 4.74 Å². The summed E-state index contributed by atoms with van der Waals surface area (Å²) in [5.41, 5.74) is 0.510. The highest BCUT2D eigenvalue weighted by atomic mass is 32.2. The van der Waals surface area contributed by atoms with Crippen molar-refractivity contribution in [3.8, 4) is 5.75 Å². The quantitative estimate of drug-likeness (QED) is 0.536. The molecule has 1 saturated heterocycles. The van der Waals surface area contributed by atoms with Crippen molar-refractivity contribution in [1.82, 2.24) is 4.90 Å². The average molecular weight is 395 g/mol. The minimum absolute atomic E-state index is 0.159. The fourth-order valence-corrected chi connectivity index (χ4v) is 3.64. The van der Waals surface area contributed by atoms with Gasteiger partial charge in [0.25, 0.3) is 5.91 Å². The third kappa shape index (κ3) is 4.23. The molecule has 1 aromatic carbocycles. The molecule has 2 atom stereocenters. The summed E-state index contributed by atoms with van der Waals surface area (Å²) in [6, 6.07) is 5.63. The van der Waals surface area contributed by atoms with E-state index in [4.69, 9.17) is 27.2 Å². The maximum atomic E-state index is 12.5. The van der Waals surface area contributed by atoms with Gasteiger partial charge in [0, 0.05) is 5.56 Å². The van der Waals surface area contributed by atoms with Crippen molar-refractivity contribution in [1.29, 1.82) is 0 Å². The van der Waals surface area contributed by atoms with E-state index >= 15 is 0 Å². The molecule has 2 rings (SSSR count). The molecule has 138 valence electrons. The van der Waals surface area contributed by atoms with Crippen LogP contribution >= 0.6 is 24.0 Å². The van der Waals surface area contributed by atoms with Crippen LogP contribution in [0.25, 0.3) is 6.08 Å². The molecule has 1 aromatic rings. The molecule has 1 amide bonds. The van der Waals surface area contributed by atoms with Crippen molar-refractivity contribution in [2.45, 2.75) is 32.4 Å². The number of thiocarbonyl (C=S) groups is 1. The SMILES string of the molecule is CCC(Oc1ccccc1/C=C1\SC(=S)N(C(C)C(=O)O)C1=O)C(=O)O. The van der Waals surface area contributed by atoms with Crippen LogP contribution in [0.15, 0.2) is 29.2 Å². The molecule has 0 aromatic heterocycles. The Labute approximate surface area is 159 Å². The van der Waals surface area contributed by atoms with Gasteiger partial charge in [-0.3, -0.25) is 9.69 Å². The third-order valence-electron chi connectivity index (χ3n) is 3.69. The highest BCUT2D eigenvalue weighted by molar-refractivity contribution is 8.26. The number of amides is 1. The molecule has 0 saturated carbocycles. The number of carboxylic acids is 2. The van der Waals surface area contributed by atoms with Crippen LogP contribution in [0.1, 0.15) is 25.8 Å². The average Bonchev–Trinajstić information content (AvgIpc) is 2.86. The summed E-state index contributed by atoms with van der Waals surface area (Å²) in [4.78, 5) is 36.2. The molecular weight excluding hydrogens is 378 g/mol. The Balaban J connectivity index is 2.33. The Morgan fingerprint density at radius 2 is 1.96 bits per heavy atom. The van der Waals surface area contributed by atoms with E-state index in [-0.39, 0.29) is 15.6 Å². The van der Waals surface area contributed by atoms with E-state index in [2.05, 4.69) is 0 Å². The Kier molecular flexibility index (Phi) is 6.38. The number of para-hydroxylation sites is 1. The number of carboxylic acid groups (broad SMARTS) is 2. The van der Waals surface area contributed by atoms with Gasteiger partial charge in [-0.15, -0.1) is 0 Å². The lowest BCUT2D eigenvalue weighted by Crippen LogP contribution is -2.41. The van der Waals surface area contributed by atoms with Gasteiger partial charge in [0.05, 0.1) is 4.91 Å². The highest BCUT2D eigenvalue weighted by Crippen LogP contribution is 2.35. The second-order valence-corrected chi connectivity index (χ2v) is 7.13. The van der Waals surface area contributed by atoms with Gasteiger partial charge in [-0.1, -0.05) is 49.1 Å². The second kappa shape index (κ2) is 8.33. The Morgan fingerprint density at radius 3 is 2.54 bits per heavy atom. The van der Waals surface area contributed by atoms with Crippen LogP contribution in [-0.2, 0) is 14.4 Å². The van der Waals surface area contributed by atoms with Crippen LogP contribution in [0.3, 0.4) is 0 Å². The van der Waals surface area contributed by atoms with Gasteiger partial charge >= 0.3 is 11.9 Å². The van der Waals surface area contributed by atoms with E-state index in [1.165, 1.54) is 13.0 Å². The second-order valence-electron chi connectivity index (χ2n) is 5.46. The summed E-state index contributed by atoms with van der Waals surface area (Å²) in [6.45, 7) is 3.08. The van der Waals surface area contributed by atoms with E-state index in [1.807, 2.05) is 0 Å². The molecule has 2 N–H and O–H groups in total. The minimum Gasteiger partial charge on any atom is -0.480 e. The molecule has 0 spiro atoms. The first-order valence-corrected chi connectivity index (χ1v) is 8.97. The maximum absolute atomic E-state index is 12.5. The van der Waals surface area contributed by atoms with Gasteiger partial charge in [-0.2, -0.15) is 0 Å². The van der Waals surface area contributed by atoms with Crippen LogP contribution in [0.4, 0.5) is 0 Å². The predicted molar refractivity (Wildman–Crippen MR) is 101 cm³/mol. The van der Waals surface area contributed by atoms with E-state index in [0.29, 0.717) is 11.3 Å². The first-order chi connectivity index (χ1) is 12.3. The number of hydrogen-bond donors (Lipinski definition) is 2. The van der Waals surface area contributed by atoms with Gasteiger partial charge in [0.1, 0.15) is 16.1 Å². The normalized spacial score (nSPS) is 18.1. The third-order valence-corrected chi connectivity index (χ3v) is 5.02.